The van der Waals surface area contributed by atoms with Crippen LogP contribution < -0.4 is 5.43 Å². The van der Waals surface area contributed by atoms with Crippen LogP contribution in [0.3, 0.4) is 0 Å². The number of hydrazone groups is 1. The third-order valence-electron chi connectivity index (χ3n) is 3.82. The van der Waals surface area contributed by atoms with Gasteiger partial charge in [0.15, 0.2) is 0 Å². The first-order chi connectivity index (χ1) is 12.2. The van der Waals surface area contributed by atoms with E-state index in [0.29, 0.717) is 41.2 Å². The molecule has 2 heterocycles. The van der Waals surface area contributed by atoms with Crippen molar-refractivity contribution in [2.24, 2.45) is 5.10 Å². The summed E-state index contributed by atoms with van der Waals surface area (Å²) in [5, 5.41) is 3.90. The molecule has 0 unspecified atom stereocenters. The van der Waals surface area contributed by atoms with E-state index in [1.807, 2.05) is 39.8 Å². The number of nitrogens with one attached hydrogen (secondary N) is 2. The van der Waals surface area contributed by atoms with Gasteiger partial charge in [-0.05, 0) is 53.4 Å². The molecule has 0 saturated heterocycles. The topological polar surface area (TPSA) is 96.0 Å². The summed E-state index contributed by atoms with van der Waals surface area (Å²) < 4.78 is 10.9. The highest BCUT2D eigenvalue weighted by Gasteiger charge is 2.27. The summed E-state index contributed by atoms with van der Waals surface area (Å²) >= 11 is 0. The van der Waals surface area contributed by atoms with Gasteiger partial charge in [-0.25, -0.2) is 10.2 Å². The number of nitrogens with zero attached hydrogens (tertiary/aromatic N) is 2. The van der Waals surface area contributed by atoms with Crippen LogP contribution in [0, 0.1) is 13.8 Å². The lowest BCUT2D eigenvalue weighted by atomic mass is 10.1. The molecule has 2 N–H and O–H groups in total. The minimum Gasteiger partial charge on any atom is -0.473 e. The first-order valence-corrected chi connectivity index (χ1v) is 8.48. The number of hydrogen-bond donors (Lipinski definition) is 2. The molecule has 0 saturated carbocycles. The number of esters is 1. The first kappa shape index (κ1) is 19.7. The largest absolute Gasteiger partial charge is 0.473 e. The van der Waals surface area contributed by atoms with Crippen LogP contribution in [0.5, 0.6) is 0 Å². The Morgan fingerprint density at radius 1 is 1.31 bits per heavy atom. The quantitative estimate of drug-likeness (QED) is 0.592. The molecular weight excluding hydrogens is 336 g/mol. The predicted molar refractivity (Wildman–Crippen MR) is 98.9 cm³/mol. The summed E-state index contributed by atoms with van der Waals surface area (Å²) in [5.74, 6) is -0.486. The second-order valence-corrected chi connectivity index (χ2v) is 6.69. The highest BCUT2D eigenvalue weighted by atomic mass is 16.5. The Morgan fingerprint density at radius 2 is 2.00 bits per heavy atom. The Hall–Kier alpha value is -2.61. The van der Waals surface area contributed by atoms with Crippen LogP contribution in [-0.4, -0.2) is 61.0 Å². The van der Waals surface area contributed by atoms with E-state index in [9.17, 15) is 9.59 Å². The van der Waals surface area contributed by atoms with Crippen LogP contribution in [0.4, 0.5) is 0 Å². The lowest BCUT2D eigenvalue weighted by molar-refractivity contribution is -0.116. The molecular formula is C18H26N4O4. The smallest absolute Gasteiger partial charge is 0.340 e. The van der Waals surface area contributed by atoms with Gasteiger partial charge in [0, 0.05) is 17.9 Å². The van der Waals surface area contributed by atoms with Crippen LogP contribution in [-0.2, 0) is 14.3 Å². The number of aromatic nitrogens is 1. The molecule has 1 aliphatic heterocycles. The Bertz CT molecular complexity index is 759. The van der Waals surface area contributed by atoms with Gasteiger partial charge in [-0.15, -0.1) is 5.10 Å². The molecule has 2 rings (SSSR count). The lowest BCUT2D eigenvalue weighted by Gasteiger charge is -2.10. The van der Waals surface area contributed by atoms with E-state index in [4.69, 9.17) is 9.47 Å². The first-order valence-electron chi connectivity index (χ1n) is 8.48. The van der Waals surface area contributed by atoms with Gasteiger partial charge in [-0.3, -0.25) is 4.79 Å². The van der Waals surface area contributed by atoms with Crippen molar-refractivity contribution in [3.05, 3.63) is 28.1 Å². The SMILES string of the molecule is Cc1[nH]c(/C=C2\C(=O)NN=C2OC(C)C)c(C)c1C(=O)OCCN(C)C. The second kappa shape index (κ2) is 8.18. The van der Waals surface area contributed by atoms with Crippen molar-refractivity contribution in [2.75, 3.05) is 27.2 Å². The number of carbonyl (C=O) groups is 2. The molecule has 0 aromatic carbocycles. The molecule has 0 fully saturated rings. The number of ether oxygens (including phenoxy) is 2. The molecule has 1 amide bonds. The average Bonchev–Trinajstić information content (AvgIpc) is 3.00. The molecule has 26 heavy (non-hydrogen) atoms. The van der Waals surface area contributed by atoms with Gasteiger partial charge in [-0.1, -0.05) is 0 Å². The summed E-state index contributed by atoms with van der Waals surface area (Å²) in [5.41, 5.74) is 5.24. The standard InChI is InChI=1S/C18H26N4O4/c1-10(2)26-17-13(16(23)20-21-17)9-14-11(3)15(12(4)19-14)18(24)25-8-7-22(5)6/h9-10,19H,7-8H2,1-6H3,(H,20,23)/b13-9+. The lowest BCUT2D eigenvalue weighted by Crippen LogP contribution is -2.20. The Kier molecular flexibility index (Phi) is 6.20. The number of hydrogen-bond acceptors (Lipinski definition) is 6. The minimum absolute atomic E-state index is 0.112. The fraction of sp³-hybridized carbons (Fsp3) is 0.500. The monoisotopic (exact) mass is 362 g/mol. The molecule has 1 aliphatic rings. The number of rotatable bonds is 6. The van der Waals surface area contributed by atoms with E-state index in [1.165, 1.54) is 0 Å². The summed E-state index contributed by atoms with van der Waals surface area (Å²) in [6, 6.07) is 0. The molecule has 0 bridgehead atoms. The highest BCUT2D eigenvalue weighted by Crippen LogP contribution is 2.23. The maximum Gasteiger partial charge on any atom is 0.340 e. The van der Waals surface area contributed by atoms with Crippen molar-refractivity contribution in [1.82, 2.24) is 15.3 Å². The van der Waals surface area contributed by atoms with Crippen molar-refractivity contribution in [2.45, 2.75) is 33.8 Å². The molecule has 8 heteroatoms. The number of aryl methyl sites for hydroxylation is 1. The Labute approximate surface area is 153 Å². The molecule has 1 aromatic rings. The molecule has 142 valence electrons. The summed E-state index contributed by atoms with van der Waals surface area (Å²) in [6.45, 7) is 8.28. The minimum atomic E-state index is -0.383. The van der Waals surface area contributed by atoms with Gasteiger partial charge >= 0.3 is 5.97 Å². The zero-order valence-electron chi connectivity index (χ0n) is 16.1. The van der Waals surface area contributed by atoms with E-state index >= 15 is 0 Å². The number of aromatic amines is 1. The van der Waals surface area contributed by atoms with Crippen molar-refractivity contribution >= 4 is 23.9 Å². The Balaban J connectivity index is 2.25. The zero-order chi connectivity index (χ0) is 19.4. The van der Waals surface area contributed by atoms with Crippen molar-refractivity contribution in [1.29, 1.82) is 0 Å². The van der Waals surface area contributed by atoms with Gasteiger partial charge in [-0.2, -0.15) is 0 Å². The average molecular weight is 362 g/mol. The van der Waals surface area contributed by atoms with Crippen LogP contribution >= 0.6 is 0 Å². The van der Waals surface area contributed by atoms with E-state index in [1.54, 1.807) is 13.0 Å². The predicted octanol–water partition coefficient (Wildman–Crippen LogP) is 1.60. The molecule has 0 aliphatic carbocycles. The normalized spacial score (nSPS) is 15.6. The number of H-pyrrole nitrogens is 1. The van der Waals surface area contributed by atoms with Crippen LogP contribution in [0.25, 0.3) is 6.08 Å². The van der Waals surface area contributed by atoms with E-state index in [2.05, 4.69) is 15.5 Å². The summed E-state index contributed by atoms with van der Waals surface area (Å²) in [6.07, 6.45) is 1.53. The third kappa shape index (κ3) is 4.51. The number of carbonyl (C=O) groups excluding carboxylic acids is 2. The van der Waals surface area contributed by atoms with Gasteiger partial charge < -0.3 is 19.4 Å². The maximum absolute atomic E-state index is 12.4. The molecule has 0 atom stereocenters. The zero-order valence-corrected chi connectivity index (χ0v) is 16.1. The molecule has 0 radical (unpaired) electrons. The molecule has 1 aromatic heterocycles. The molecule has 8 nitrogen and oxygen atoms in total. The Morgan fingerprint density at radius 3 is 2.62 bits per heavy atom. The number of likely N-dealkylation sites (N-methyl/N-ethyl adjacent to an activating group) is 1. The van der Waals surface area contributed by atoms with E-state index < -0.39 is 0 Å². The third-order valence-corrected chi connectivity index (χ3v) is 3.82. The fourth-order valence-corrected chi connectivity index (χ4v) is 2.52. The summed E-state index contributed by atoms with van der Waals surface area (Å²) in [4.78, 5) is 29.5. The second-order valence-electron chi connectivity index (χ2n) is 6.69. The van der Waals surface area contributed by atoms with Crippen molar-refractivity contribution in [3.8, 4) is 0 Å². The maximum atomic E-state index is 12.4. The fourth-order valence-electron chi connectivity index (χ4n) is 2.52. The van der Waals surface area contributed by atoms with Gasteiger partial charge in [0.2, 0.25) is 5.90 Å². The van der Waals surface area contributed by atoms with Crippen LogP contribution in [0.2, 0.25) is 0 Å². The highest BCUT2D eigenvalue weighted by molar-refractivity contribution is 6.24. The van der Waals surface area contributed by atoms with Crippen molar-refractivity contribution in [3.63, 3.8) is 0 Å². The van der Waals surface area contributed by atoms with Gasteiger partial charge in [0.1, 0.15) is 12.2 Å². The molecule has 0 spiro atoms. The van der Waals surface area contributed by atoms with Crippen LogP contribution in [0.1, 0.15) is 41.2 Å². The van der Waals surface area contributed by atoms with Crippen molar-refractivity contribution < 1.29 is 19.1 Å². The van der Waals surface area contributed by atoms with Crippen LogP contribution in [0.15, 0.2) is 10.7 Å². The van der Waals surface area contributed by atoms with E-state index in [0.717, 1.165) is 0 Å². The van der Waals surface area contributed by atoms with Gasteiger partial charge in [0.05, 0.1) is 11.7 Å². The van der Waals surface area contributed by atoms with Gasteiger partial charge in [0.25, 0.3) is 5.91 Å². The summed E-state index contributed by atoms with van der Waals surface area (Å²) in [7, 11) is 3.83. The van der Waals surface area contributed by atoms with E-state index in [-0.39, 0.29) is 23.9 Å². The number of amides is 1.